The van der Waals surface area contributed by atoms with Gasteiger partial charge in [0.2, 0.25) is 0 Å². The minimum atomic E-state index is 0.810. The van der Waals surface area contributed by atoms with Gasteiger partial charge < -0.3 is 15.0 Å². The number of nitrogens with zero attached hydrogens (tertiary/aromatic N) is 2. The molecule has 4 heteroatoms. The molecule has 0 spiro atoms. The topological polar surface area (TPSA) is 37.4 Å². The largest absolute Gasteiger partial charge is 0.385 e. The van der Waals surface area contributed by atoms with Crippen LogP contribution >= 0.6 is 0 Å². The van der Waals surface area contributed by atoms with E-state index < -0.39 is 0 Å². The van der Waals surface area contributed by atoms with Crippen molar-refractivity contribution in [1.82, 2.24) is 10.3 Å². The average molecular weight is 223 g/mol. The standard InChI is InChI=1S/C12H21N3O/c1-15(2)12-6-5-11(10-14-12)9-13-7-4-8-16-3/h5-6,10,13H,4,7-9H2,1-3H3. The van der Waals surface area contributed by atoms with Crippen molar-refractivity contribution in [2.45, 2.75) is 13.0 Å². The van der Waals surface area contributed by atoms with Gasteiger partial charge in [0, 0.05) is 40.6 Å². The van der Waals surface area contributed by atoms with Crippen LogP contribution in [0.3, 0.4) is 0 Å². The minimum absolute atomic E-state index is 0.810. The zero-order valence-electron chi connectivity index (χ0n) is 10.4. The molecule has 16 heavy (non-hydrogen) atoms. The molecule has 4 nitrogen and oxygen atoms in total. The van der Waals surface area contributed by atoms with Gasteiger partial charge in [0.15, 0.2) is 0 Å². The Morgan fingerprint density at radius 1 is 1.38 bits per heavy atom. The Morgan fingerprint density at radius 2 is 2.19 bits per heavy atom. The van der Waals surface area contributed by atoms with Crippen molar-refractivity contribution in [1.29, 1.82) is 0 Å². The van der Waals surface area contributed by atoms with E-state index in [9.17, 15) is 0 Å². The van der Waals surface area contributed by atoms with Gasteiger partial charge in [-0.3, -0.25) is 0 Å². The summed E-state index contributed by atoms with van der Waals surface area (Å²) in [5, 5.41) is 3.35. The van der Waals surface area contributed by atoms with E-state index >= 15 is 0 Å². The molecular formula is C12H21N3O. The highest BCUT2D eigenvalue weighted by molar-refractivity contribution is 5.37. The minimum Gasteiger partial charge on any atom is -0.385 e. The van der Waals surface area contributed by atoms with Gasteiger partial charge in [-0.2, -0.15) is 0 Å². The SMILES string of the molecule is COCCCNCc1ccc(N(C)C)nc1. The maximum absolute atomic E-state index is 4.98. The molecular weight excluding hydrogens is 202 g/mol. The van der Waals surface area contributed by atoms with Crippen molar-refractivity contribution in [2.75, 3.05) is 39.3 Å². The number of anilines is 1. The zero-order valence-corrected chi connectivity index (χ0v) is 10.4. The van der Waals surface area contributed by atoms with E-state index in [0.717, 1.165) is 31.9 Å². The van der Waals surface area contributed by atoms with Crippen LogP contribution in [0.25, 0.3) is 0 Å². The molecule has 1 aromatic heterocycles. The van der Waals surface area contributed by atoms with Crippen LogP contribution in [0.4, 0.5) is 5.82 Å². The van der Waals surface area contributed by atoms with Crippen LogP contribution in [0.15, 0.2) is 18.3 Å². The van der Waals surface area contributed by atoms with Crippen molar-refractivity contribution in [3.8, 4) is 0 Å². The fourth-order valence-corrected chi connectivity index (χ4v) is 1.36. The number of nitrogens with one attached hydrogen (secondary N) is 1. The molecule has 1 aromatic rings. The van der Waals surface area contributed by atoms with E-state index in [1.54, 1.807) is 7.11 Å². The summed E-state index contributed by atoms with van der Waals surface area (Å²) in [5.41, 5.74) is 1.21. The first kappa shape index (κ1) is 12.9. The molecule has 0 amide bonds. The van der Waals surface area contributed by atoms with E-state index in [4.69, 9.17) is 4.74 Å². The molecule has 0 atom stereocenters. The Balaban J connectivity index is 2.27. The highest BCUT2D eigenvalue weighted by atomic mass is 16.5. The molecule has 0 aromatic carbocycles. The first-order valence-electron chi connectivity index (χ1n) is 5.56. The van der Waals surface area contributed by atoms with Crippen molar-refractivity contribution < 1.29 is 4.74 Å². The second kappa shape index (κ2) is 7.19. The third-order valence-corrected chi connectivity index (χ3v) is 2.30. The highest BCUT2D eigenvalue weighted by Gasteiger charge is 1.97. The van der Waals surface area contributed by atoms with E-state index in [1.807, 2.05) is 31.3 Å². The third-order valence-electron chi connectivity index (χ3n) is 2.30. The number of methoxy groups -OCH3 is 1. The molecule has 0 saturated heterocycles. The molecule has 90 valence electrons. The summed E-state index contributed by atoms with van der Waals surface area (Å²) in [5.74, 6) is 0.989. The van der Waals surface area contributed by atoms with Crippen molar-refractivity contribution in [3.05, 3.63) is 23.9 Å². The van der Waals surface area contributed by atoms with Crippen LogP contribution in [-0.4, -0.2) is 39.3 Å². The molecule has 0 bridgehead atoms. The maximum Gasteiger partial charge on any atom is 0.127 e. The third kappa shape index (κ3) is 4.59. The number of hydrogen-bond acceptors (Lipinski definition) is 4. The summed E-state index contributed by atoms with van der Waals surface area (Å²) in [4.78, 5) is 6.35. The van der Waals surface area contributed by atoms with Crippen LogP contribution < -0.4 is 10.2 Å². The molecule has 0 aliphatic heterocycles. The molecule has 0 aliphatic carbocycles. The molecule has 0 radical (unpaired) electrons. The van der Waals surface area contributed by atoms with Gasteiger partial charge >= 0.3 is 0 Å². The predicted octanol–water partition coefficient (Wildman–Crippen LogP) is 1.27. The summed E-state index contributed by atoms with van der Waals surface area (Å²) in [6, 6.07) is 4.14. The van der Waals surface area contributed by atoms with Gasteiger partial charge in [-0.1, -0.05) is 6.07 Å². The van der Waals surface area contributed by atoms with Crippen LogP contribution in [0.1, 0.15) is 12.0 Å². The van der Waals surface area contributed by atoms with Crippen LogP contribution in [0.2, 0.25) is 0 Å². The monoisotopic (exact) mass is 223 g/mol. The van der Waals surface area contributed by atoms with Crippen LogP contribution in [0.5, 0.6) is 0 Å². The first-order valence-corrected chi connectivity index (χ1v) is 5.56. The second-order valence-corrected chi connectivity index (χ2v) is 3.94. The number of hydrogen-bond donors (Lipinski definition) is 1. The van der Waals surface area contributed by atoms with Crippen molar-refractivity contribution in [2.24, 2.45) is 0 Å². The summed E-state index contributed by atoms with van der Waals surface area (Å²) in [7, 11) is 5.71. The van der Waals surface area contributed by atoms with Gasteiger partial charge in [-0.05, 0) is 24.6 Å². The summed E-state index contributed by atoms with van der Waals surface area (Å²) < 4.78 is 4.98. The zero-order chi connectivity index (χ0) is 11.8. The Labute approximate surface area is 97.6 Å². The number of ether oxygens (including phenoxy) is 1. The van der Waals surface area contributed by atoms with E-state index in [2.05, 4.69) is 16.4 Å². The molecule has 0 unspecified atom stereocenters. The van der Waals surface area contributed by atoms with E-state index in [1.165, 1.54) is 5.56 Å². The fraction of sp³-hybridized carbons (Fsp3) is 0.583. The Hall–Kier alpha value is -1.13. The van der Waals surface area contributed by atoms with Gasteiger partial charge in [-0.15, -0.1) is 0 Å². The van der Waals surface area contributed by atoms with Gasteiger partial charge in [0.25, 0.3) is 0 Å². The Morgan fingerprint density at radius 3 is 2.75 bits per heavy atom. The highest BCUT2D eigenvalue weighted by Crippen LogP contribution is 2.07. The molecule has 0 fully saturated rings. The summed E-state index contributed by atoms with van der Waals surface area (Å²) in [6.45, 7) is 2.65. The van der Waals surface area contributed by atoms with Crippen LogP contribution in [-0.2, 0) is 11.3 Å². The maximum atomic E-state index is 4.98. The van der Waals surface area contributed by atoms with Gasteiger partial charge in [0.1, 0.15) is 5.82 Å². The number of rotatable bonds is 7. The van der Waals surface area contributed by atoms with Crippen molar-refractivity contribution in [3.63, 3.8) is 0 Å². The molecule has 1 rings (SSSR count). The molecule has 1 heterocycles. The van der Waals surface area contributed by atoms with Crippen LogP contribution in [0, 0.1) is 0 Å². The lowest BCUT2D eigenvalue weighted by molar-refractivity contribution is 0.194. The Bertz CT molecular complexity index is 285. The lowest BCUT2D eigenvalue weighted by atomic mass is 10.2. The normalized spacial score (nSPS) is 10.4. The molecule has 0 saturated carbocycles. The van der Waals surface area contributed by atoms with E-state index in [0.29, 0.717) is 0 Å². The number of pyridine rings is 1. The lowest BCUT2D eigenvalue weighted by Gasteiger charge is -2.11. The predicted molar refractivity (Wildman–Crippen MR) is 66.8 cm³/mol. The van der Waals surface area contributed by atoms with Crippen molar-refractivity contribution >= 4 is 5.82 Å². The molecule has 0 aliphatic rings. The van der Waals surface area contributed by atoms with E-state index in [-0.39, 0.29) is 0 Å². The van der Waals surface area contributed by atoms with Gasteiger partial charge in [-0.25, -0.2) is 4.98 Å². The quantitative estimate of drug-likeness (QED) is 0.706. The first-order chi connectivity index (χ1) is 7.74. The molecule has 1 N–H and O–H groups in total. The lowest BCUT2D eigenvalue weighted by Crippen LogP contribution is -2.16. The summed E-state index contributed by atoms with van der Waals surface area (Å²) in [6.07, 6.45) is 2.96. The smallest absolute Gasteiger partial charge is 0.127 e. The second-order valence-electron chi connectivity index (χ2n) is 3.94. The number of aromatic nitrogens is 1. The fourth-order valence-electron chi connectivity index (χ4n) is 1.36. The Kier molecular flexibility index (Phi) is 5.82. The summed E-state index contributed by atoms with van der Waals surface area (Å²) >= 11 is 0. The average Bonchev–Trinajstić information content (AvgIpc) is 2.29. The van der Waals surface area contributed by atoms with Gasteiger partial charge in [0.05, 0.1) is 0 Å².